The van der Waals surface area contributed by atoms with E-state index in [4.69, 9.17) is 19.2 Å². The van der Waals surface area contributed by atoms with E-state index in [1.54, 1.807) is 24.0 Å². The minimum atomic E-state index is -0.577. The van der Waals surface area contributed by atoms with Crippen LogP contribution in [0.4, 0.5) is 5.82 Å². The van der Waals surface area contributed by atoms with E-state index < -0.39 is 5.41 Å². The smallest absolute Gasteiger partial charge is 0.220 e. The summed E-state index contributed by atoms with van der Waals surface area (Å²) in [4.78, 5) is 14.2. The van der Waals surface area contributed by atoms with Gasteiger partial charge in [0, 0.05) is 73.8 Å². The third-order valence-electron chi connectivity index (χ3n) is 9.13. The number of ether oxygens (including phenoxy) is 3. The van der Waals surface area contributed by atoms with Crippen molar-refractivity contribution in [2.45, 2.75) is 37.9 Å². The second-order valence-electron chi connectivity index (χ2n) is 11.8. The van der Waals surface area contributed by atoms with Crippen molar-refractivity contribution in [2.75, 3.05) is 44.9 Å². The standard InChI is InChI=1S/C32H33N8O3P/c1-41-31-28(44)8-21(12-36-31)15-39-24-9-25(39)17-38(16-24)29-3-2-22(13-35-29)27-10-26(18-40-30(27)23(11-33)14-37-40)43-20-32(19-34)4-6-42-7-5-32/h2-3,8,10,12-14,18,24-25H,4-7,9,15-17,20,44H2,1H3. The Bertz CT molecular complexity index is 1760. The topological polar surface area (TPSA) is 125 Å². The molecule has 4 aromatic rings. The van der Waals surface area contributed by atoms with Crippen LogP contribution in [0.15, 0.2) is 49.1 Å². The third-order valence-corrected chi connectivity index (χ3v) is 9.54. The first-order valence-electron chi connectivity index (χ1n) is 14.8. The van der Waals surface area contributed by atoms with E-state index in [1.165, 1.54) is 12.0 Å². The molecular weight excluding hydrogens is 575 g/mol. The van der Waals surface area contributed by atoms with Gasteiger partial charge in [-0.25, -0.2) is 14.5 Å². The number of anilines is 1. The fourth-order valence-corrected chi connectivity index (χ4v) is 7.00. The summed E-state index contributed by atoms with van der Waals surface area (Å²) in [6.45, 7) is 4.09. The molecule has 8 rings (SSSR count). The maximum absolute atomic E-state index is 9.86. The number of piperidine rings is 1. The summed E-state index contributed by atoms with van der Waals surface area (Å²) in [5.74, 6) is 2.17. The number of nitriles is 2. The SMILES string of the molecule is COc1ncc(CN2C3CC2CN(c2ccc(-c4cc(OCC5(C#N)CCOCC5)cn5ncc(C#N)c45)cn2)C3)cc1P. The van der Waals surface area contributed by atoms with E-state index in [9.17, 15) is 10.5 Å². The number of piperazine rings is 1. The van der Waals surface area contributed by atoms with Crippen LogP contribution in [0.1, 0.15) is 30.4 Å². The van der Waals surface area contributed by atoms with Crippen molar-refractivity contribution in [3.05, 3.63) is 60.2 Å². The molecule has 4 saturated heterocycles. The maximum Gasteiger partial charge on any atom is 0.220 e. The molecule has 0 saturated carbocycles. The van der Waals surface area contributed by atoms with Crippen molar-refractivity contribution in [2.24, 2.45) is 5.41 Å². The van der Waals surface area contributed by atoms with Crippen LogP contribution in [-0.4, -0.2) is 76.6 Å². The lowest BCUT2D eigenvalue weighted by molar-refractivity contribution is -0.00874. The Labute approximate surface area is 258 Å². The van der Waals surface area contributed by atoms with E-state index in [0.29, 0.717) is 60.8 Å². The highest BCUT2D eigenvalue weighted by Crippen LogP contribution is 2.37. The number of nitrogens with zero attached hydrogens (tertiary/aromatic N) is 8. The quantitative estimate of drug-likeness (QED) is 0.275. The van der Waals surface area contributed by atoms with Gasteiger partial charge in [0.2, 0.25) is 5.88 Å². The van der Waals surface area contributed by atoms with Crippen LogP contribution in [0.3, 0.4) is 0 Å². The van der Waals surface area contributed by atoms with Gasteiger partial charge in [0.25, 0.3) is 0 Å². The van der Waals surface area contributed by atoms with Gasteiger partial charge in [-0.2, -0.15) is 15.6 Å². The monoisotopic (exact) mass is 608 g/mol. The fourth-order valence-electron chi connectivity index (χ4n) is 6.60. The minimum absolute atomic E-state index is 0.267. The zero-order valence-electron chi connectivity index (χ0n) is 24.5. The normalized spacial score (nSPS) is 20.9. The Morgan fingerprint density at radius 1 is 1.09 bits per heavy atom. The summed E-state index contributed by atoms with van der Waals surface area (Å²) >= 11 is 0. The predicted octanol–water partition coefficient (Wildman–Crippen LogP) is 3.33. The zero-order valence-corrected chi connectivity index (χ0v) is 25.7. The summed E-state index contributed by atoms with van der Waals surface area (Å²) in [5, 5.41) is 25.0. The number of aromatic nitrogens is 4. The molecule has 4 fully saturated rings. The molecule has 4 aliphatic rings. The molecule has 11 nitrogen and oxygen atoms in total. The van der Waals surface area contributed by atoms with Crippen molar-refractivity contribution in [1.29, 1.82) is 10.5 Å². The number of rotatable bonds is 8. The van der Waals surface area contributed by atoms with E-state index in [-0.39, 0.29) is 6.61 Å². The van der Waals surface area contributed by atoms with Crippen molar-refractivity contribution >= 4 is 25.9 Å². The average molecular weight is 609 g/mol. The fraction of sp³-hybridized carbons (Fsp3) is 0.406. The van der Waals surface area contributed by atoms with Crippen LogP contribution >= 0.6 is 9.24 Å². The average Bonchev–Trinajstić information content (AvgIpc) is 3.50. The largest absolute Gasteiger partial charge is 0.490 e. The van der Waals surface area contributed by atoms with Crippen LogP contribution in [0.2, 0.25) is 0 Å². The van der Waals surface area contributed by atoms with Crippen molar-refractivity contribution in [3.8, 4) is 34.9 Å². The van der Waals surface area contributed by atoms with Gasteiger partial charge in [0.1, 0.15) is 24.2 Å². The first-order chi connectivity index (χ1) is 21.5. The van der Waals surface area contributed by atoms with Gasteiger partial charge in [-0.1, -0.05) is 9.24 Å². The minimum Gasteiger partial charge on any atom is -0.490 e. The second kappa shape index (κ2) is 11.7. The van der Waals surface area contributed by atoms with E-state index in [1.807, 2.05) is 24.5 Å². The summed E-state index contributed by atoms with van der Waals surface area (Å²) in [7, 11) is 4.34. The van der Waals surface area contributed by atoms with Crippen LogP contribution in [0.25, 0.3) is 16.6 Å². The van der Waals surface area contributed by atoms with Crippen molar-refractivity contribution < 1.29 is 14.2 Å². The van der Waals surface area contributed by atoms with Crippen LogP contribution in [0, 0.1) is 28.1 Å². The molecular formula is C32H33N8O3P. The molecule has 44 heavy (non-hydrogen) atoms. The number of hydrogen-bond acceptors (Lipinski definition) is 10. The molecule has 12 heteroatoms. The maximum atomic E-state index is 9.86. The first kappa shape index (κ1) is 28.5. The molecule has 4 aliphatic heterocycles. The van der Waals surface area contributed by atoms with Crippen LogP contribution in [-0.2, 0) is 11.3 Å². The molecule has 0 amide bonds. The number of methoxy groups -OCH3 is 1. The molecule has 3 unspecified atom stereocenters. The van der Waals surface area contributed by atoms with Crippen LogP contribution in [0.5, 0.6) is 11.6 Å². The Kier molecular flexibility index (Phi) is 7.55. The molecule has 0 spiro atoms. The summed E-state index contributed by atoms with van der Waals surface area (Å²) in [6.07, 6.45) is 9.55. The molecule has 0 N–H and O–H groups in total. The van der Waals surface area contributed by atoms with Crippen molar-refractivity contribution in [1.82, 2.24) is 24.5 Å². The lowest BCUT2D eigenvalue weighted by Crippen LogP contribution is -2.68. The van der Waals surface area contributed by atoms with Gasteiger partial charge >= 0.3 is 0 Å². The highest BCUT2D eigenvalue weighted by molar-refractivity contribution is 7.27. The highest BCUT2D eigenvalue weighted by Gasteiger charge is 2.44. The molecule has 3 atom stereocenters. The van der Waals surface area contributed by atoms with Gasteiger partial charge in [-0.15, -0.1) is 0 Å². The van der Waals surface area contributed by atoms with Gasteiger partial charge in [-0.05, 0) is 49.1 Å². The third kappa shape index (κ3) is 5.22. The number of fused-ring (bicyclic) bond motifs is 3. The summed E-state index contributed by atoms with van der Waals surface area (Å²) in [5.41, 5.74) is 3.46. The van der Waals surface area contributed by atoms with Gasteiger partial charge in [0.05, 0.1) is 42.1 Å². The van der Waals surface area contributed by atoms with Crippen LogP contribution < -0.4 is 19.7 Å². The molecule has 2 bridgehead atoms. The Morgan fingerprint density at radius 2 is 1.91 bits per heavy atom. The zero-order chi connectivity index (χ0) is 30.3. The Morgan fingerprint density at radius 3 is 2.59 bits per heavy atom. The number of pyridine rings is 3. The molecule has 0 aliphatic carbocycles. The Hall–Kier alpha value is -4.28. The summed E-state index contributed by atoms with van der Waals surface area (Å²) < 4.78 is 18.6. The van der Waals surface area contributed by atoms with Gasteiger partial charge < -0.3 is 19.1 Å². The molecule has 224 valence electrons. The first-order valence-corrected chi connectivity index (χ1v) is 15.4. The second-order valence-corrected chi connectivity index (χ2v) is 12.4. The lowest BCUT2D eigenvalue weighted by atomic mass is 9.83. The molecule has 0 aromatic carbocycles. The number of hydrogen-bond donors (Lipinski definition) is 0. The van der Waals surface area contributed by atoms with Gasteiger partial charge in [-0.3, -0.25) is 4.90 Å². The predicted molar refractivity (Wildman–Crippen MR) is 167 cm³/mol. The lowest BCUT2D eigenvalue weighted by Gasteiger charge is -2.56. The molecule has 4 aromatic heterocycles. The van der Waals surface area contributed by atoms with Crippen molar-refractivity contribution in [3.63, 3.8) is 0 Å². The van der Waals surface area contributed by atoms with E-state index in [2.05, 4.69) is 53.4 Å². The molecule has 0 radical (unpaired) electrons. The Balaban J connectivity index is 1.08. The van der Waals surface area contributed by atoms with E-state index in [0.717, 1.165) is 41.9 Å². The highest BCUT2D eigenvalue weighted by atomic mass is 31.0. The summed E-state index contributed by atoms with van der Waals surface area (Å²) in [6, 6.07) is 13.8. The molecule has 8 heterocycles. The van der Waals surface area contributed by atoms with Gasteiger partial charge in [0.15, 0.2) is 0 Å². The van der Waals surface area contributed by atoms with E-state index >= 15 is 0 Å².